The lowest BCUT2D eigenvalue weighted by molar-refractivity contribution is -0.137. The van der Waals surface area contributed by atoms with E-state index in [1.807, 2.05) is 11.9 Å². The maximum Gasteiger partial charge on any atom is 0.304 e. The molecule has 0 unspecified atom stereocenters. The molecule has 0 saturated heterocycles. The van der Waals surface area contributed by atoms with Gasteiger partial charge in [0.2, 0.25) is 0 Å². The zero-order valence-corrected chi connectivity index (χ0v) is 8.58. The van der Waals surface area contributed by atoms with Crippen LogP contribution in [0.2, 0.25) is 0 Å². The third-order valence-electron chi connectivity index (χ3n) is 2.89. The second-order valence-corrected chi connectivity index (χ2v) is 3.99. The van der Waals surface area contributed by atoms with E-state index in [2.05, 4.69) is 0 Å². The molecule has 0 heterocycles. The number of alkyl halides is 1. The summed E-state index contributed by atoms with van der Waals surface area (Å²) >= 11 is 0. The molecule has 1 aliphatic carbocycles. The van der Waals surface area contributed by atoms with Crippen LogP contribution >= 0.6 is 0 Å². The van der Waals surface area contributed by atoms with Crippen molar-refractivity contribution in [3.05, 3.63) is 0 Å². The van der Waals surface area contributed by atoms with Gasteiger partial charge in [0.25, 0.3) is 0 Å². The van der Waals surface area contributed by atoms with Crippen molar-refractivity contribution in [2.45, 2.75) is 44.3 Å². The van der Waals surface area contributed by atoms with Gasteiger partial charge in [-0.15, -0.1) is 0 Å². The van der Waals surface area contributed by atoms with Gasteiger partial charge in [0.15, 0.2) is 0 Å². The van der Waals surface area contributed by atoms with E-state index >= 15 is 0 Å². The van der Waals surface area contributed by atoms with Crippen molar-refractivity contribution in [1.82, 2.24) is 4.90 Å². The number of carboxylic acid groups (broad SMARTS) is 1. The highest BCUT2D eigenvalue weighted by Gasteiger charge is 2.27. The van der Waals surface area contributed by atoms with Crippen LogP contribution in [0.4, 0.5) is 4.39 Å². The molecule has 0 aromatic heterocycles. The van der Waals surface area contributed by atoms with Gasteiger partial charge in [-0.3, -0.25) is 9.69 Å². The molecule has 1 N–H and O–H groups in total. The normalized spacial score (nSPS) is 27.9. The summed E-state index contributed by atoms with van der Waals surface area (Å²) in [5.74, 6) is -0.817. The minimum atomic E-state index is -0.817. The van der Waals surface area contributed by atoms with Crippen LogP contribution < -0.4 is 0 Å². The van der Waals surface area contributed by atoms with E-state index in [0.29, 0.717) is 13.0 Å². The van der Waals surface area contributed by atoms with Crippen molar-refractivity contribution in [1.29, 1.82) is 0 Å². The van der Waals surface area contributed by atoms with Crippen molar-refractivity contribution < 1.29 is 14.3 Å². The number of halogens is 1. The predicted molar refractivity (Wildman–Crippen MR) is 52.0 cm³/mol. The van der Waals surface area contributed by atoms with Gasteiger partial charge in [0.1, 0.15) is 6.17 Å². The summed E-state index contributed by atoms with van der Waals surface area (Å²) in [5, 5.41) is 8.51. The fraction of sp³-hybridized carbons (Fsp3) is 0.900. The van der Waals surface area contributed by atoms with E-state index in [4.69, 9.17) is 5.11 Å². The number of aliphatic carboxylic acids is 1. The summed E-state index contributed by atoms with van der Waals surface area (Å²) in [4.78, 5) is 12.2. The highest BCUT2D eigenvalue weighted by Crippen LogP contribution is 2.24. The van der Waals surface area contributed by atoms with Crippen LogP contribution in [-0.4, -0.2) is 41.8 Å². The van der Waals surface area contributed by atoms with Crippen LogP contribution in [-0.2, 0) is 4.79 Å². The first kappa shape index (κ1) is 11.4. The van der Waals surface area contributed by atoms with Crippen LogP contribution in [0.5, 0.6) is 0 Å². The minimum absolute atomic E-state index is 0.0666. The molecule has 0 spiro atoms. The van der Waals surface area contributed by atoms with Crippen molar-refractivity contribution in [3.63, 3.8) is 0 Å². The lowest BCUT2D eigenvalue weighted by atomic mass is 9.92. The average molecular weight is 203 g/mol. The fourth-order valence-electron chi connectivity index (χ4n) is 2.00. The minimum Gasteiger partial charge on any atom is -0.481 e. The Balaban J connectivity index is 2.34. The average Bonchev–Trinajstić information content (AvgIpc) is 2.15. The fourth-order valence-corrected chi connectivity index (χ4v) is 2.00. The van der Waals surface area contributed by atoms with Gasteiger partial charge in [-0.05, 0) is 19.9 Å². The monoisotopic (exact) mass is 203 g/mol. The summed E-state index contributed by atoms with van der Waals surface area (Å²) in [5.41, 5.74) is 0. The number of carboxylic acids is 1. The Bertz CT molecular complexity index is 199. The van der Waals surface area contributed by atoms with Gasteiger partial charge in [-0.25, -0.2) is 4.39 Å². The number of nitrogens with zero attached hydrogens (tertiary/aromatic N) is 1. The van der Waals surface area contributed by atoms with Gasteiger partial charge in [-0.1, -0.05) is 12.8 Å². The van der Waals surface area contributed by atoms with E-state index in [1.54, 1.807) is 0 Å². The van der Waals surface area contributed by atoms with Gasteiger partial charge in [-0.2, -0.15) is 0 Å². The molecule has 0 aromatic carbocycles. The van der Waals surface area contributed by atoms with Crippen LogP contribution in [0.1, 0.15) is 32.1 Å². The highest BCUT2D eigenvalue weighted by atomic mass is 19.1. The Morgan fingerprint density at radius 1 is 1.50 bits per heavy atom. The second kappa shape index (κ2) is 5.29. The predicted octanol–water partition coefficient (Wildman–Crippen LogP) is 1.67. The molecule has 0 radical (unpaired) electrons. The van der Waals surface area contributed by atoms with Crippen molar-refractivity contribution in [3.8, 4) is 0 Å². The zero-order valence-electron chi connectivity index (χ0n) is 8.58. The van der Waals surface area contributed by atoms with E-state index in [9.17, 15) is 9.18 Å². The van der Waals surface area contributed by atoms with Crippen LogP contribution in [0.25, 0.3) is 0 Å². The summed E-state index contributed by atoms with van der Waals surface area (Å²) in [7, 11) is 1.81. The number of hydrogen-bond donors (Lipinski definition) is 1. The molecule has 0 bridgehead atoms. The Morgan fingerprint density at radius 3 is 2.71 bits per heavy atom. The summed E-state index contributed by atoms with van der Waals surface area (Å²) < 4.78 is 13.4. The first-order valence-electron chi connectivity index (χ1n) is 5.17. The third-order valence-corrected chi connectivity index (χ3v) is 2.89. The summed E-state index contributed by atoms with van der Waals surface area (Å²) in [6.07, 6.45) is 2.83. The van der Waals surface area contributed by atoms with E-state index < -0.39 is 12.1 Å². The highest BCUT2D eigenvalue weighted by molar-refractivity contribution is 5.66. The Kier molecular flexibility index (Phi) is 4.32. The van der Waals surface area contributed by atoms with Crippen molar-refractivity contribution in [2.24, 2.45) is 0 Å². The van der Waals surface area contributed by atoms with Crippen molar-refractivity contribution >= 4 is 5.97 Å². The van der Waals surface area contributed by atoms with Gasteiger partial charge >= 0.3 is 5.97 Å². The number of carbonyl (C=O) groups is 1. The van der Waals surface area contributed by atoms with E-state index in [0.717, 1.165) is 19.3 Å². The van der Waals surface area contributed by atoms with Crippen molar-refractivity contribution in [2.75, 3.05) is 13.6 Å². The summed E-state index contributed by atoms with van der Waals surface area (Å²) in [6.45, 7) is 0.445. The zero-order chi connectivity index (χ0) is 10.6. The molecule has 14 heavy (non-hydrogen) atoms. The Labute approximate surface area is 83.9 Å². The third kappa shape index (κ3) is 3.25. The van der Waals surface area contributed by atoms with Gasteiger partial charge in [0, 0.05) is 12.6 Å². The molecule has 4 heteroatoms. The molecule has 0 aromatic rings. The van der Waals surface area contributed by atoms with Gasteiger partial charge < -0.3 is 5.11 Å². The number of rotatable bonds is 4. The molecular weight excluding hydrogens is 185 g/mol. The molecular formula is C10H18FNO2. The molecule has 2 atom stereocenters. The Morgan fingerprint density at radius 2 is 2.14 bits per heavy atom. The lowest BCUT2D eigenvalue weighted by Crippen LogP contribution is -2.42. The van der Waals surface area contributed by atoms with Gasteiger partial charge in [0.05, 0.1) is 6.42 Å². The Hall–Kier alpha value is -0.640. The maximum atomic E-state index is 13.4. The molecule has 1 saturated carbocycles. The molecule has 1 rings (SSSR count). The lowest BCUT2D eigenvalue weighted by Gasteiger charge is -2.33. The molecule has 1 fully saturated rings. The van der Waals surface area contributed by atoms with E-state index in [-0.39, 0.29) is 12.5 Å². The molecule has 0 aliphatic heterocycles. The second-order valence-electron chi connectivity index (χ2n) is 3.99. The SMILES string of the molecule is CN(CCC(=O)O)[C@@H]1CCCC[C@H]1F. The van der Waals surface area contributed by atoms with Crippen LogP contribution in [0.3, 0.4) is 0 Å². The topological polar surface area (TPSA) is 40.5 Å². The van der Waals surface area contributed by atoms with Crippen LogP contribution in [0, 0.1) is 0 Å². The maximum absolute atomic E-state index is 13.4. The van der Waals surface area contributed by atoms with Crippen LogP contribution in [0.15, 0.2) is 0 Å². The largest absolute Gasteiger partial charge is 0.481 e. The molecule has 0 amide bonds. The quantitative estimate of drug-likeness (QED) is 0.755. The standard InChI is InChI=1S/C10H18FNO2/c1-12(7-6-10(13)14)9-5-3-2-4-8(9)11/h8-9H,2-7H2,1H3,(H,13,14)/t8-,9-/m1/s1. The molecule has 3 nitrogen and oxygen atoms in total. The molecule has 1 aliphatic rings. The molecule has 82 valence electrons. The smallest absolute Gasteiger partial charge is 0.304 e. The first-order chi connectivity index (χ1) is 6.61. The summed E-state index contributed by atoms with van der Waals surface area (Å²) in [6, 6.07) is -0.0666. The number of hydrogen-bond acceptors (Lipinski definition) is 2. The first-order valence-corrected chi connectivity index (χ1v) is 5.17. The van der Waals surface area contributed by atoms with E-state index in [1.165, 1.54) is 0 Å².